The predicted molar refractivity (Wildman–Crippen MR) is 82.0 cm³/mol. The Morgan fingerprint density at radius 1 is 1.25 bits per heavy atom. The Hall–Kier alpha value is -0.900. The maximum Gasteiger partial charge on any atom is 0.0914 e. The van der Waals surface area contributed by atoms with Crippen LogP contribution in [0.25, 0.3) is 0 Å². The van der Waals surface area contributed by atoms with E-state index < -0.39 is 0 Å². The van der Waals surface area contributed by atoms with E-state index >= 15 is 0 Å². The van der Waals surface area contributed by atoms with Crippen molar-refractivity contribution in [3.05, 3.63) is 42.9 Å². The van der Waals surface area contributed by atoms with Crippen molar-refractivity contribution in [3.63, 3.8) is 0 Å². The van der Waals surface area contributed by atoms with Gasteiger partial charge in [-0.15, -0.1) is 0 Å². The van der Waals surface area contributed by atoms with Crippen molar-refractivity contribution in [1.29, 1.82) is 0 Å². The summed E-state index contributed by atoms with van der Waals surface area (Å²) in [5.41, 5.74) is 1.40. The molecule has 1 aromatic rings. The molecule has 2 heterocycles. The third-order valence-corrected chi connectivity index (χ3v) is 5.20. The molecule has 3 rings (SSSR count). The summed E-state index contributed by atoms with van der Waals surface area (Å²) < 4.78 is 0. The van der Waals surface area contributed by atoms with Gasteiger partial charge in [0.2, 0.25) is 0 Å². The van der Waals surface area contributed by atoms with E-state index in [0.29, 0.717) is 12.0 Å². The monoisotopic (exact) mass is 273 g/mol. The van der Waals surface area contributed by atoms with Gasteiger partial charge < -0.3 is 10.2 Å². The normalized spacial score (nSPS) is 29.8. The molecule has 2 fully saturated rings. The highest BCUT2D eigenvalue weighted by Gasteiger charge is 2.42. The van der Waals surface area contributed by atoms with Gasteiger partial charge in [-0.2, -0.15) is 7.05 Å². The molecule has 0 aliphatic carbocycles. The molecule has 2 unspecified atom stereocenters. The summed E-state index contributed by atoms with van der Waals surface area (Å²) in [6.45, 7) is 6.07. The standard InChI is InChI=1S/C17H27N3/c1-13(17(18-2)14-7-5-4-6-8-14)10-20-12-15-9-16(20)11-19(15)3/h4-8,13,15-17H,2,9-12,18H2,1,3H3/t13-,15?,16?,17+/m0/s1. The molecule has 3 nitrogen and oxygen atoms in total. The van der Waals surface area contributed by atoms with Crippen LogP contribution in [0.5, 0.6) is 0 Å². The minimum absolute atomic E-state index is 0.466. The molecule has 0 radical (unpaired) electrons. The van der Waals surface area contributed by atoms with Crippen LogP contribution in [0.1, 0.15) is 24.9 Å². The van der Waals surface area contributed by atoms with Crippen LogP contribution in [-0.4, -0.2) is 48.6 Å². The highest BCUT2D eigenvalue weighted by Crippen LogP contribution is 2.31. The molecular weight excluding hydrogens is 246 g/mol. The van der Waals surface area contributed by atoms with Gasteiger partial charge in [0, 0.05) is 43.2 Å². The van der Waals surface area contributed by atoms with Crippen molar-refractivity contribution < 1.29 is 5.32 Å². The first-order valence-electron chi connectivity index (χ1n) is 7.81. The van der Waals surface area contributed by atoms with Crippen molar-refractivity contribution in [1.82, 2.24) is 9.80 Å². The molecule has 0 amide bonds. The second-order valence-electron chi connectivity index (χ2n) is 6.59. The molecule has 0 spiro atoms. The molecule has 3 heteroatoms. The molecule has 2 saturated heterocycles. The van der Waals surface area contributed by atoms with Gasteiger partial charge in [-0.05, 0) is 13.5 Å². The number of likely N-dealkylation sites (tertiary alicyclic amines) is 2. The number of hydrogen-bond acceptors (Lipinski definition) is 2. The first kappa shape index (κ1) is 14.1. The molecule has 110 valence electrons. The number of nitrogens with two attached hydrogens (primary N) is 1. The summed E-state index contributed by atoms with van der Waals surface area (Å²) in [6, 6.07) is 12.9. The number of likely N-dealkylation sites (N-methyl/N-ethyl adjacent to an activating group) is 1. The summed E-state index contributed by atoms with van der Waals surface area (Å²) in [6.07, 6.45) is 1.37. The van der Waals surface area contributed by atoms with Gasteiger partial charge in [0.1, 0.15) is 0 Å². The number of benzene rings is 1. The van der Waals surface area contributed by atoms with Gasteiger partial charge in [0.15, 0.2) is 0 Å². The molecule has 4 atom stereocenters. The van der Waals surface area contributed by atoms with Crippen LogP contribution >= 0.6 is 0 Å². The zero-order valence-electron chi connectivity index (χ0n) is 12.7. The van der Waals surface area contributed by atoms with Gasteiger partial charge in [-0.25, -0.2) is 0 Å². The number of rotatable bonds is 5. The molecule has 20 heavy (non-hydrogen) atoms. The lowest BCUT2D eigenvalue weighted by Crippen LogP contribution is -2.80. The van der Waals surface area contributed by atoms with Gasteiger partial charge in [0.25, 0.3) is 0 Å². The molecule has 2 aliphatic heterocycles. The largest absolute Gasteiger partial charge is 0.472 e. The van der Waals surface area contributed by atoms with Crippen LogP contribution in [0.4, 0.5) is 0 Å². The van der Waals surface area contributed by atoms with Crippen molar-refractivity contribution >= 4 is 0 Å². The quantitative estimate of drug-likeness (QED) is 0.812. The second kappa shape index (κ2) is 5.84. The van der Waals surface area contributed by atoms with Crippen molar-refractivity contribution in [2.24, 2.45) is 5.92 Å². The molecule has 0 aromatic heterocycles. The van der Waals surface area contributed by atoms with E-state index in [4.69, 9.17) is 0 Å². The van der Waals surface area contributed by atoms with E-state index in [1.807, 2.05) is 0 Å². The van der Waals surface area contributed by atoms with Gasteiger partial charge in [-0.3, -0.25) is 4.90 Å². The third-order valence-electron chi connectivity index (χ3n) is 5.20. The Bertz CT molecular complexity index is 431. The van der Waals surface area contributed by atoms with Crippen LogP contribution in [0.3, 0.4) is 0 Å². The number of piperazine rings is 1. The van der Waals surface area contributed by atoms with E-state index in [0.717, 1.165) is 12.1 Å². The predicted octanol–water partition coefficient (Wildman–Crippen LogP) is 1.11. The van der Waals surface area contributed by atoms with E-state index in [9.17, 15) is 0 Å². The Labute approximate surface area is 123 Å². The highest BCUT2D eigenvalue weighted by atomic mass is 15.3. The fourth-order valence-electron chi connectivity index (χ4n) is 4.03. The van der Waals surface area contributed by atoms with E-state index in [-0.39, 0.29) is 0 Å². The SMILES string of the molecule is [CH2-][NH2+][C@@H](c1ccccc1)[C@@H](C)CN1CC2CC1CN2C. The third kappa shape index (κ3) is 2.62. The number of fused-ring (bicyclic) bond motifs is 2. The van der Waals surface area contributed by atoms with E-state index in [1.165, 1.54) is 31.6 Å². The van der Waals surface area contributed by atoms with Gasteiger partial charge >= 0.3 is 0 Å². The number of quaternary nitrogens is 1. The first-order valence-corrected chi connectivity index (χ1v) is 7.81. The highest BCUT2D eigenvalue weighted by molar-refractivity contribution is 5.17. The Kier molecular flexibility index (Phi) is 4.11. The molecule has 1 aromatic carbocycles. The lowest BCUT2D eigenvalue weighted by atomic mass is 9.94. The number of hydrogen-bond donors (Lipinski definition) is 1. The van der Waals surface area contributed by atoms with Crippen molar-refractivity contribution in [3.8, 4) is 0 Å². The van der Waals surface area contributed by atoms with Crippen LogP contribution in [0.15, 0.2) is 30.3 Å². The Morgan fingerprint density at radius 3 is 2.55 bits per heavy atom. The summed E-state index contributed by atoms with van der Waals surface area (Å²) >= 11 is 0. The fraction of sp³-hybridized carbons (Fsp3) is 0.588. The molecule has 0 saturated carbocycles. The molecular formula is C17H27N3. The van der Waals surface area contributed by atoms with E-state index in [2.05, 4.69) is 66.5 Å². The first-order chi connectivity index (χ1) is 9.69. The Morgan fingerprint density at radius 2 is 2.00 bits per heavy atom. The zero-order chi connectivity index (χ0) is 14.1. The van der Waals surface area contributed by atoms with Crippen molar-refractivity contribution in [2.75, 3.05) is 26.7 Å². The topological polar surface area (TPSA) is 23.1 Å². The van der Waals surface area contributed by atoms with Gasteiger partial charge in [-0.1, -0.05) is 37.3 Å². The molecule has 2 N–H and O–H groups in total. The molecule has 2 bridgehead atoms. The van der Waals surface area contributed by atoms with Crippen LogP contribution in [-0.2, 0) is 0 Å². The van der Waals surface area contributed by atoms with Crippen LogP contribution in [0, 0.1) is 13.0 Å². The zero-order valence-corrected chi connectivity index (χ0v) is 12.7. The average Bonchev–Trinajstić information content (AvgIpc) is 2.99. The maximum atomic E-state index is 4.07. The summed E-state index contributed by atoms with van der Waals surface area (Å²) in [4.78, 5) is 5.22. The summed E-state index contributed by atoms with van der Waals surface area (Å²) in [7, 11) is 6.33. The lowest BCUT2D eigenvalue weighted by Gasteiger charge is -2.35. The number of nitrogens with zero attached hydrogens (tertiary/aromatic N) is 2. The van der Waals surface area contributed by atoms with E-state index in [1.54, 1.807) is 0 Å². The average molecular weight is 273 g/mol. The fourth-order valence-corrected chi connectivity index (χ4v) is 4.03. The minimum atomic E-state index is 0.466. The van der Waals surface area contributed by atoms with Gasteiger partial charge in [0.05, 0.1) is 6.04 Å². The minimum Gasteiger partial charge on any atom is -0.472 e. The summed E-state index contributed by atoms with van der Waals surface area (Å²) in [5, 5.41) is 2.13. The summed E-state index contributed by atoms with van der Waals surface area (Å²) in [5.74, 6) is 0.625. The maximum absolute atomic E-state index is 4.07. The smallest absolute Gasteiger partial charge is 0.0914 e. The van der Waals surface area contributed by atoms with Crippen LogP contribution < -0.4 is 5.32 Å². The van der Waals surface area contributed by atoms with Crippen LogP contribution in [0.2, 0.25) is 0 Å². The molecule has 2 aliphatic rings. The van der Waals surface area contributed by atoms with Crippen molar-refractivity contribution in [2.45, 2.75) is 31.5 Å². The second-order valence-corrected chi connectivity index (χ2v) is 6.59. The lowest BCUT2D eigenvalue weighted by molar-refractivity contribution is -0.648. The Balaban J connectivity index is 1.63.